The van der Waals surface area contributed by atoms with E-state index in [1.54, 1.807) is 6.20 Å². The van der Waals surface area contributed by atoms with Crippen LogP contribution in [0, 0.1) is 0 Å². The first kappa shape index (κ1) is 14.7. The van der Waals surface area contributed by atoms with Gasteiger partial charge in [-0.05, 0) is 29.8 Å². The Labute approximate surface area is 122 Å². The molecular weight excluding hydrogens is 310 g/mol. The van der Waals surface area contributed by atoms with Gasteiger partial charge in [0, 0.05) is 45.4 Å². The molecule has 0 amide bonds. The van der Waals surface area contributed by atoms with E-state index in [9.17, 15) is 0 Å². The third kappa shape index (κ3) is 3.24. The minimum absolute atomic E-state index is 0.405. The van der Waals surface area contributed by atoms with Crippen LogP contribution in [0.3, 0.4) is 0 Å². The molecule has 1 fully saturated rings. The molecule has 0 bridgehead atoms. The predicted molar refractivity (Wildman–Crippen MR) is 77.3 cm³/mol. The molecule has 2 rings (SSSR count). The van der Waals surface area contributed by atoms with Crippen LogP contribution in [0.15, 0.2) is 10.7 Å². The van der Waals surface area contributed by atoms with Gasteiger partial charge in [-0.15, -0.1) is 0 Å². The molecule has 0 atom stereocenters. The summed E-state index contributed by atoms with van der Waals surface area (Å²) < 4.78 is 12.3. The number of hydrogen-bond acceptors (Lipinski definition) is 5. The van der Waals surface area contributed by atoms with Gasteiger partial charge in [-0.2, -0.15) is 0 Å². The van der Waals surface area contributed by atoms with Crippen molar-refractivity contribution in [3.05, 3.63) is 16.5 Å². The Morgan fingerprint density at radius 1 is 1.42 bits per heavy atom. The fourth-order valence-corrected chi connectivity index (χ4v) is 2.62. The van der Waals surface area contributed by atoms with E-state index < -0.39 is 5.60 Å². The maximum atomic E-state index is 5.98. The molecule has 1 N–H and O–H groups in total. The molecule has 1 saturated heterocycles. The molecule has 1 aromatic rings. The van der Waals surface area contributed by atoms with Crippen LogP contribution in [0.4, 0.5) is 5.82 Å². The number of anilines is 1. The van der Waals surface area contributed by atoms with Gasteiger partial charge in [-0.3, -0.25) is 0 Å². The van der Waals surface area contributed by atoms with Crippen molar-refractivity contribution in [2.24, 2.45) is 0 Å². The Morgan fingerprint density at radius 3 is 2.79 bits per heavy atom. The maximum Gasteiger partial charge on any atom is 0.162 e. The van der Waals surface area contributed by atoms with Gasteiger partial charge in [0.05, 0.1) is 4.47 Å². The summed E-state index contributed by atoms with van der Waals surface area (Å²) in [6, 6.07) is 0. The molecule has 0 spiro atoms. The van der Waals surface area contributed by atoms with Crippen molar-refractivity contribution in [3.63, 3.8) is 0 Å². The first-order chi connectivity index (χ1) is 9.22. The molecule has 1 aliphatic heterocycles. The van der Waals surface area contributed by atoms with Crippen molar-refractivity contribution in [1.29, 1.82) is 0 Å². The van der Waals surface area contributed by atoms with Crippen LogP contribution in [-0.2, 0) is 15.1 Å². The number of halogens is 1. The van der Waals surface area contributed by atoms with Gasteiger partial charge in [0.1, 0.15) is 11.4 Å². The molecule has 19 heavy (non-hydrogen) atoms. The van der Waals surface area contributed by atoms with Crippen molar-refractivity contribution in [2.75, 3.05) is 31.7 Å². The third-order valence-electron chi connectivity index (χ3n) is 3.22. The summed E-state index contributed by atoms with van der Waals surface area (Å²) in [5, 5.41) is 3.23. The van der Waals surface area contributed by atoms with E-state index in [1.807, 2.05) is 13.8 Å². The number of hydrogen-bond donors (Lipinski definition) is 1. The van der Waals surface area contributed by atoms with Crippen LogP contribution in [0.5, 0.6) is 0 Å². The van der Waals surface area contributed by atoms with Crippen LogP contribution in [-0.4, -0.2) is 36.3 Å². The topological polar surface area (TPSA) is 56.3 Å². The monoisotopic (exact) mass is 329 g/mol. The maximum absolute atomic E-state index is 5.98. The van der Waals surface area contributed by atoms with Gasteiger partial charge in [0.2, 0.25) is 0 Å². The van der Waals surface area contributed by atoms with Gasteiger partial charge in [0.15, 0.2) is 5.82 Å². The molecular formula is C13H20BrN3O2. The molecule has 106 valence electrons. The second kappa shape index (κ2) is 6.63. The van der Waals surface area contributed by atoms with Gasteiger partial charge >= 0.3 is 0 Å². The molecule has 1 aliphatic rings. The first-order valence-electron chi connectivity index (χ1n) is 6.70. The van der Waals surface area contributed by atoms with Crippen molar-refractivity contribution < 1.29 is 9.47 Å². The number of nitrogens with one attached hydrogen (secondary N) is 1. The molecule has 6 heteroatoms. The first-order valence-corrected chi connectivity index (χ1v) is 7.49. The molecule has 0 saturated carbocycles. The van der Waals surface area contributed by atoms with E-state index in [4.69, 9.17) is 9.47 Å². The van der Waals surface area contributed by atoms with Crippen LogP contribution >= 0.6 is 15.9 Å². The van der Waals surface area contributed by atoms with Gasteiger partial charge in [-0.1, -0.05) is 0 Å². The zero-order chi connectivity index (χ0) is 13.7. The molecule has 5 nitrogen and oxygen atoms in total. The van der Waals surface area contributed by atoms with E-state index >= 15 is 0 Å². The van der Waals surface area contributed by atoms with Crippen molar-refractivity contribution in [2.45, 2.75) is 32.3 Å². The Balaban J connectivity index is 2.33. The van der Waals surface area contributed by atoms with E-state index in [-0.39, 0.29) is 0 Å². The van der Waals surface area contributed by atoms with Crippen molar-refractivity contribution in [1.82, 2.24) is 9.97 Å². The Morgan fingerprint density at radius 2 is 2.16 bits per heavy atom. The van der Waals surface area contributed by atoms with E-state index in [0.29, 0.717) is 19.8 Å². The highest BCUT2D eigenvalue weighted by molar-refractivity contribution is 9.10. The molecule has 0 aliphatic carbocycles. The summed E-state index contributed by atoms with van der Waals surface area (Å²) in [6.45, 7) is 6.89. The molecule has 0 radical (unpaired) electrons. The zero-order valence-electron chi connectivity index (χ0n) is 11.4. The number of rotatable bonds is 5. The lowest BCUT2D eigenvalue weighted by atomic mass is 9.93. The lowest BCUT2D eigenvalue weighted by Crippen LogP contribution is -2.38. The summed E-state index contributed by atoms with van der Waals surface area (Å²) in [7, 11) is 0. The summed E-state index contributed by atoms with van der Waals surface area (Å²) in [5.41, 5.74) is -0.405. The number of aromatic nitrogens is 2. The zero-order valence-corrected chi connectivity index (χ0v) is 13.0. The minimum atomic E-state index is -0.405. The fourth-order valence-electron chi connectivity index (χ4n) is 2.29. The summed E-state index contributed by atoms with van der Waals surface area (Å²) >= 11 is 3.46. The Kier molecular flexibility index (Phi) is 5.13. The Hall–Kier alpha value is -0.720. The summed E-state index contributed by atoms with van der Waals surface area (Å²) in [5.74, 6) is 1.56. The van der Waals surface area contributed by atoms with Crippen LogP contribution < -0.4 is 5.32 Å². The standard InChI is InChI=1S/C13H20BrN3O2/c1-3-15-11-10(14)9-16-12(17-11)13(19-4-2)5-7-18-8-6-13/h9H,3-8H2,1-2H3,(H,15,16,17). The lowest BCUT2D eigenvalue weighted by Gasteiger charge is -2.35. The van der Waals surface area contributed by atoms with Crippen molar-refractivity contribution in [3.8, 4) is 0 Å². The van der Waals surface area contributed by atoms with Crippen molar-refractivity contribution >= 4 is 21.7 Å². The average Bonchev–Trinajstić information content (AvgIpc) is 2.43. The molecule has 0 aromatic carbocycles. The van der Waals surface area contributed by atoms with Crippen LogP contribution in [0.25, 0.3) is 0 Å². The number of ether oxygens (including phenoxy) is 2. The smallest absolute Gasteiger partial charge is 0.162 e. The average molecular weight is 330 g/mol. The quantitative estimate of drug-likeness (QED) is 0.900. The van der Waals surface area contributed by atoms with Crippen LogP contribution in [0.2, 0.25) is 0 Å². The normalized spacial score (nSPS) is 18.3. The number of nitrogens with zero attached hydrogens (tertiary/aromatic N) is 2. The van der Waals surface area contributed by atoms with Gasteiger partial charge in [0.25, 0.3) is 0 Å². The molecule has 0 unspecified atom stereocenters. The van der Waals surface area contributed by atoms with E-state index in [0.717, 1.165) is 35.5 Å². The van der Waals surface area contributed by atoms with E-state index in [2.05, 4.69) is 31.2 Å². The largest absolute Gasteiger partial charge is 0.381 e. The second-order valence-corrected chi connectivity index (χ2v) is 5.31. The molecule has 2 heterocycles. The minimum Gasteiger partial charge on any atom is -0.381 e. The highest BCUT2D eigenvalue weighted by Gasteiger charge is 2.38. The molecule has 1 aromatic heterocycles. The highest BCUT2D eigenvalue weighted by atomic mass is 79.9. The lowest BCUT2D eigenvalue weighted by molar-refractivity contribution is -0.117. The third-order valence-corrected chi connectivity index (χ3v) is 3.80. The second-order valence-electron chi connectivity index (χ2n) is 4.46. The van der Waals surface area contributed by atoms with Crippen LogP contribution in [0.1, 0.15) is 32.5 Å². The van der Waals surface area contributed by atoms with Gasteiger partial charge < -0.3 is 14.8 Å². The Bertz CT molecular complexity index is 417. The van der Waals surface area contributed by atoms with E-state index in [1.165, 1.54) is 0 Å². The summed E-state index contributed by atoms with van der Waals surface area (Å²) in [4.78, 5) is 9.08. The SMILES string of the molecule is CCNc1nc(C2(OCC)CCOCC2)ncc1Br. The van der Waals surface area contributed by atoms with Gasteiger partial charge in [-0.25, -0.2) is 9.97 Å². The predicted octanol–water partition coefficient (Wildman–Crippen LogP) is 2.71. The fraction of sp³-hybridized carbons (Fsp3) is 0.692. The highest BCUT2D eigenvalue weighted by Crippen LogP contribution is 2.35. The summed E-state index contributed by atoms with van der Waals surface area (Å²) in [6.07, 6.45) is 3.39.